The second kappa shape index (κ2) is 5.87. The fourth-order valence-electron chi connectivity index (χ4n) is 2.68. The zero-order chi connectivity index (χ0) is 13.0. The maximum Gasteiger partial charge on any atom is 0.404 e. The number of primary amides is 1. The van der Waals surface area contributed by atoms with Crippen molar-refractivity contribution in [3.63, 3.8) is 0 Å². The first-order valence-corrected chi connectivity index (χ1v) is 6.45. The van der Waals surface area contributed by atoms with Crippen LogP contribution in [0.1, 0.15) is 31.4 Å². The minimum Gasteiger partial charge on any atom is -0.445 e. The fraction of sp³-hybridized carbons (Fsp3) is 0.500. The molecule has 1 saturated heterocycles. The Balaban J connectivity index is 2.00. The van der Waals surface area contributed by atoms with Gasteiger partial charge in [-0.2, -0.15) is 0 Å². The molecule has 2 rings (SSSR count). The number of nitrogens with zero attached hydrogens (tertiary/aromatic N) is 1. The summed E-state index contributed by atoms with van der Waals surface area (Å²) in [6.45, 7) is 3.90. The van der Waals surface area contributed by atoms with Crippen LogP contribution in [0.5, 0.6) is 0 Å². The molecular formula is C14H20N2O2. The minimum absolute atomic E-state index is 0.0553. The van der Waals surface area contributed by atoms with Crippen molar-refractivity contribution in [1.82, 2.24) is 4.90 Å². The van der Waals surface area contributed by atoms with Gasteiger partial charge in [0.15, 0.2) is 0 Å². The molecule has 18 heavy (non-hydrogen) atoms. The predicted octanol–water partition coefficient (Wildman–Crippen LogP) is 2.31. The highest BCUT2D eigenvalue weighted by atomic mass is 16.6. The fourth-order valence-corrected chi connectivity index (χ4v) is 2.68. The maximum absolute atomic E-state index is 10.8. The number of nitrogens with two attached hydrogens (primary N) is 1. The molecule has 4 nitrogen and oxygen atoms in total. The molecule has 2 atom stereocenters. The topological polar surface area (TPSA) is 55.6 Å². The lowest BCUT2D eigenvalue weighted by atomic mass is 10.0. The maximum atomic E-state index is 10.8. The van der Waals surface area contributed by atoms with Crippen LogP contribution in [0.4, 0.5) is 4.79 Å². The van der Waals surface area contributed by atoms with Gasteiger partial charge in [0.2, 0.25) is 0 Å². The largest absolute Gasteiger partial charge is 0.445 e. The van der Waals surface area contributed by atoms with Crippen molar-refractivity contribution >= 4 is 6.09 Å². The Morgan fingerprint density at radius 3 is 2.83 bits per heavy atom. The van der Waals surface area contributed by atoms with E-state index in [2.05, 4.69) is 36.1 Å². The third-order valence-electron chi connectivity index (χ3n) is 3.47. The lowest BCUT2D eigenvalue weighted by Crippen LogP contribution is -2.29. The van der Waals surface area contributed by atoms with Crippen LogP contribution in [0.15, 0.2) is 30.3 Å². The van der Waals surface area contributed by atoms with Crippen molar-refractivity contribution in [2.24, 2.45) is 5.73 Å². The Morgan fingerprint density at radius 1 is 1.50 bits per heavy atom. The van der Waals surface area contributed by atoms with Crippen molar-refractivity contribution in [2.75, 3.05) is 13.1 Å². The van der Waals surface area contributed by atoms with Gasteiger partial charge in [-0.25, -0.2) is 4.79 Å². The Bertz CT molecular complexity index is 394. The molecule has 1 aromatic rings. The highest BCUT2D eigenvalue weighted by Crippen LogP contribution is 2.28. The summed E-state index contributed by atoms with van der Waals surface area (Å²) in [6.07, 6.45) is 1.19. The second-order valence-corrected chi connectivity index (χ2v) is 4.68. The Labute approximate surface area is 108 Å². The summed E-state index contributed by atoms with van der Waals surface area (Å²) in [7, 11) is 0. The summed E-state index contributed by atoms with van der Waals surface area (Å²) in [5.74, 6) is 0. The summed E-state index contributed by atoms with van der Waals surface area (Å²) in [5, 5.41) is 0. The highest BCUT2D eigenvalue weighted by molar-refractivity contribution is 5.64. The summed E-state index contributed by atoms with van der Waals surface area (Å²) >= 11 is 0. The van der Waals surface area contributed by atoms with E-state index in [4.69, 9.17) is 10.5 Å². The molecule has 0 saturated carbocycles. The third kappa shape index (κ3) is 3.01. The van der Waals surface area contributed by atoms with E-state index < -0.39 is 6.09 Å². The Morgan fingerprint density at radius 2 is 2.22 bits per heavy atom. The second-order valence-electron chi connectivity index (χ2n) is 4.68. The molecular weight excluding hydrogens is 228 g/mol. The standard InChI is InChI=1S/C14H20N2O2/c1-2-13(11-6-4-3-5-7-11)16-9-8-12(10-16)18-14(15)17/h3-7,12-13H,2,8-10H2,1H3,(H2,15,17)/t12?,13-/m0/s1. The molecule has 1 aliphatic heterocycles. The van der Waals surface area contributed by atoms with E-state index in [1.165, 1.54) is 5.56 Å². The molecule has 0 aromatic heterocycles. The van der Waals surface area contributed by atoms with Gasteiger partial charge in [0.1, 0.15) is 6.10 Å². The molecule has 2 N–H and O–H groups in total. The van der Waals surface area contributed by atoms with Gasteiger partial charge in [0.05, 0.1) is 0 Å². The predicted molar refractivity (Wildman–Crippen MR) is 70.1 cm³/mol. The molecule has 1 unspecified atom stereocenters. The number of hydrogen-bond donors (Lipinski definition) is 1. The zero-order valence-electron chi connectivity index (χ0n) is 10.7. The Hall–Kier alpha value is -1.55. The van der Waals surface area contributed by atoms with Gasteiger partial charge in [-0.3, -0.25) is 4.90 Å². The molecule has 1 heterocycles. The first-order valence-electron chi connectivity index (χ1n) is 6.45. The van der Waals surface area contributed by atoms with E-state index in [1.54, 1.807) is 0 Å². The van der Waals surface area contributed by atoms with Gasteiger partial charge in [-0.1, -0.05) is 37.3 Å². The van der Waals surface area contributed by atoms with E-state index >= 15 is 0 Å². The van der Waals surface area contributed by atoms with Crippen molar-refractivity contribution in [3.05, 3.63) is 35.9 Å². The molecule has 0 bridgehead atoms. The van der Waals surface area contributed by atoms with E-state index in [-0.39, 0.29) is 6.10 Å². The number of amides is 1. The van der Waals surface area contributed by atoms with Gasteiger partial charge >= 0.3 is 6.09 Å². The number of carbonyl (C=O) groups is 1. The van der Waals surface area contributed by atoms with Gasteiger partial charge in [-0.05, 0) is 18.4 Å². The van der Waals surface area contributed by atoms with E-state index in [0.717, 1.165) is 25.9 Å². The number of likely N-dealkylation sites (tertiary alicyclic amines) is 1. The normalized spacial score (nSPS) is 21.7. The first kappa shape index (κ1) is 12.9. The number of hydrogen-bond acceptors (Lipinski definition) is 3. The molecule has 0 aliphatic carbocycles. The molecule has 4 heteroatoms. The van der Waals surface area contributed by atoms with Crippen LogP contribution in [0.3, 0.4) is 0 Å². The molecule has 98 valence electrons. The number of carbonyl (C=O) groups excluding carboxylic acids is 1. The molecule has 1 aliphatic rings. The summed E-state index contributed by atoms with van der Waals surface area (Å²) in [4.78, 5) is 13.1. The third-order valence-corrected chi connectivity index (χ3v) is 3.47. The van der Waals surface area contributed by atoms with Crippen LogP contribution in [-0.2, 0) is 4.74 Å². The van der Waals surface area contributed by atoms with Crippen molar-refractivity contribution in [3.8, 4) is 0 Å². The number of ether oxygens (including phenoxy) is 1. The van der Waals surface area contributed by atoms with Gasteiger partial charge in [0, 0.05) is 19.1 Å². The van der Waals surface area contributed by atoms with Crippen LogP contribution in [0.2, 0.25) is 0 Å². The smallest absolute Gasteiger partial charge is 0.404 e. The van der Waals surface area contributed by atoms with Crippen LogP contribution in [0.25, 0.3) is 0 Å². The molecule has 1 fully saturated rings. The molecule has 0 spiro atoms. The molecule has 1 amide bonds. The van der Waals surface area contributed by atoms with Crippen LogP contribution in [-0.4, -0.2) is 30.2 Å². The minimum atomic E-state index is -0.672. The summed E-state index contributed by atoms with van der Waals surface area (Å²) < 4.78 is 5.07. The summed E-state index contributed by atoms with van der Waals surface area (Å²) in [5.41, 5.74) is 6.38. The highest BCUT2D eigenvalue weighted by Gasteiger charge is 2.29. The van der Waals surface area contributed by atoms with Crippen LogP contribution >= 0.6 is 0 Å². The quantitative estimate of drug-likeness (QED) is 0.889. The van der Waals surface area contributed by atoms with Gasteiger partial charge in [-0.15, -0.1) is 0 Å². The lowest BCUT2D eigenvalue weighted by Gasteiger charge is -2.27. The Kier molecular flexibility index (Phi) is 4.20. The van der Waals surface area contributed by atoms with Crippen LogP contribution < -0.4 is 5.73 Å². The number of rotatable bonds is 4. The first-order chi connectivity index (χ1) is 8.70. The number of benzene rings is 1. The zero-order valence-corrected chi connectivity index (χ0v) is 10.7. The van der Waals surface area contributed by atoms with Gasteiger partial charge in [0.25, 0.3) is 0 Å². The average Bonchev–Trinajstić information content (AvgIpc) is 2.79. The van der Waals surface area contributed by atoms with Crippen LogP contribution in [0, 0.1) is 0 Å². The van der Waals surface area contributed by atoms with Crippen molar-refractivity contribution in [2.45, 2.75) is 31.9 Å². The molecule has 1 aromatic carbocycles. The van der Waals surface area contributed by atoms with Crippen molar-refractivity contribution in [1.29, 1.82) is 0 Å². The molecule has 0 radical (unpaired) electrons. The van der Waals surface area contributed by atoms with Crippen molar-refractivity contribution < 1.29 is 9.53 Å². The van der Waals surface area contributed by atoms with E-state index in [1.807, 2.05) is 6.07 Å². The van der Waals surface area contributed by atoms with Gasteiger partial charge < -0.3 is 10.5 Å². The van der Waals surface area contributed by atoms with E-state index in [0.29, 0.717) is 6.04 Å². The van der Waals surface area contributed by atoms with E-state index in [9.17, 15) is 4.79 Å². The lowest BCUT2D eigenvalue weighted by molar-refractivity contribution is 0.104. The average molecular weight is 248 g/mol. The monoisotopic (exact) mass is 248 g/mol. The SMILES string of the molecule is CC[C@@H](c1ccccc1)N1CCC(OC(N)=O)C1. The summed E-state index contributed by atoms with van der Waals surface area (Å²) in [6, 6.07) is 10.8.